The Bertz CT molecular complexity index is 913. The summed E-state index contributed by atoms with van der Waals surface area (Å²) in [7, 11) is 0. The van der Waals surface area contributed by atoms with Gasteiger partial charge in [0.2, 0.25) is 17.7 Å². The topological polar surface area (TPSA) is 98.7 Å². The monoisotopic (exact) mass is 477 g/mol. The van der Waals surface area contributed by atoms with Crippen molar-refractivity contribution in [2.45, 2.75) is 53.2 Å². The van der Waals surface area contributed by atoms with E-state index < -0.39 is 23.0 Å². The highest BCUT2D eigenvalue weighted by Gasteiger charge is 2.50. The molecule has 1 saturated heterocycles. The zero-order chi connectivity index (χ0) is 23.7. The molecule has 33 heavy (non-hydrogen) atoms. The van der Waals surface area contributed by atoms with Crippen LogP contribution in [0.25, 0.3) is 0 Å². The van der Waals surface area contributed by atoms with E-state index in [-0.39, 0.29) is 37.6 Å². The molecule has 3 N–H and O–H groups in total. The Morgan fingerprint density at radius 2 is 1.88 bits per heavy atom. The number of benzene rings is 1. The zero-order valence-electron chi connectivity index (χ0n) is 19.0. The van der Waals surface area contributed by atoms with Gasteiger partial charge in [-0.3, -0.25) is 14.4 Å². The number of piperidine rings is 1. The van der Waals surface area contributed by atoms with Gasteiger partial charge in [-0.2, -0.15) is 0 Å². The van der Waals surface area contributed by atoms with Crippen LogP contribution in [0.2, 0.25) is 5.02 Å². The molecule has 0 aromatic heterocycles. The van der Waals surface area contributed by atoms with Crippen molar-refractivity contribution in [1.29, 1.82) is 0 Å². The highest BCUT2D eigenvalue weighted by molar-refractivity contribution is 6.30. The Morgan fingerprint density at radius 3 is 2.39 bits per heavy atom. The number of hydrogen-bond acceptors (Lipinski definition) is 4. The van der Waals surface area contributed by atoms with Gasteiger partial charge in [0.25, 0.3) is 0 Å². The molecule has 0 bridgehead atoms. The summed E-state index contributed by atoms with van der Waals surface area (Å²) in [4.78, 5) is 39.2. The Labute approximate surface area is 201 Å². The third-order valence-electron chi connectivity index (χ3n) is 6.63. The quantitative estimate of drug-likeness (QED) is 0.607. The van der Waals surface area contributed by atoms with Gasteiger partial charge in [0.1, 0.15) is 6.04 Å². The van der Waals surface area contributed by atoms with Crippen LogP contribution in [0.1, 0.15) is 47.1 Å². The number of hydrogen-bond donors (Lipinski definition) is 3. The maximum Gasteiger partial charge on any atom is 0.245 e. The average Bonchev–Trinajstić information content (AvgIpc) is 2.74. The summed E-state index contributed by atoms with van der Waals surface area (Å²) in [5.41, 5.74) is -0.939. The lowest BCUT2D eigenvalue weighted by Gasteiger charge is -2.51. The van der Waals surface area contributed by atoms with Crippen molar-refractivity contribution >= 4 is 29.3 Å². The molecule has 3 amide bonds. The molecule has 8 heteroatoms. The van der Waals surface area contributed by atoms with Crippen LogP contribution in [0.3, 0.4) is 0 Å². The van der Waals surface area contributed by atoms with Crippen LogP contribution in [-0.2, 0) is 20.0 Å². The Morgan fingerprint density at radius 1 is 1.24 bits per heavy atom. The minimum atomic E-state index is -1.10. The highest BCUT2D eigenvalue weighted by Crippen LogP contribution is 2.46. The zero-order valence-corrected chi connectivity index (χ0v) is 19.8. The van der Waals surface area contributed by atoms with E-state index in [2.05, 4.69) is 10.6 Å². The number of halogens is 1. The lowest BCUT2D eigenvalue weighted by atomic mass is 9.66. The van der Waals surface area contributed by atoms with Gasteiger partial charge in [-0.15, -0.1) is 0 Å². The van der Waals surface area contributed by atoms with Gasteiger partial charge >= 0.3 is 0 Å². The number of carbonyl (C=O) groups is 3. The molecule has 3 rings (SSSR count). The average molecular weight is 478 g/mol. The maximum atomic E-state index is 13.4. The lowest BCUT2D eigenvalue weighted by Crippen LogP contribution is -2.61. The van der Waals surface area contributed by atoms with Crippen molar-refractivity contribution in [3.63, 3.8) is 0 Å². The van der Waals surface area contributed by atoms with E-state index in [4.69, 9.17) is 11.6 Å². The van der Waals surface area contributed by atoms with Crippen LogP contribution in [0, 0.1) is 17.3 Å². The Kier molecular flexibility index (Phi) is 8.36. The van der Waals surface area contributed by atoms with Crippen LogP contribution < -0.4 is 10.6 Å². The third-order valence-corrected chi connectivity index (χ3v) is 6.88. The molecular formula is C25H36ClN3O4. The molecule has 2 aliphatic rings. The van der Waals surface area contributed by atoms with E-state index in [1.165, 1.54) is 6.08 Å². The summed E-state index contributed by atoms with van der Waals surface area (Å²) in [5.74, 6) is -1.30. The summed E-state index contributed by atoms with van der Waals surface area (Å²) in [6.07, 6.45) is 3.28. The SMILES string of the molecule is C.CC(C)[C@@H](NC(=O)C1C=CC(=O)NC1)C(=O)N1CC[C@](O)(c2ccc(Cl)cc2)C(C)(C)C1. The number of nitrogens with zero attached hydrogens (tertiary/aromatic N) is 1. The second-order valence-electron chi connectivity index (χ2n) is 9.70. The van der Waals surface area contributed by atoms with E-state index in [9.17, 15) is 19.5 Å². The molecule has 2 aliphatic heterocycles. The Hall–Kier alpha value is -2.38. The van der Waals surface area contributed by atoms with Crippen LogP contribution >= 0.6 is 11.6 Å². The van der Waals surface area contributed by atoms with E-state index >= 15 is 0 Å². The van der Waals surface area contributed by atoms with Crippen molar-refractivity contribution in [2.75, 3.05) is 19.6 Å². The van der Waals surface area contributed by atoms with Gasteiger partial charge in [-0.05, 0) is 36.1 Å². The molecule has 3 atom stereocenters. The number of nitrogens with one attached hydrogen (secondary N) is 2. The minimum Gasteiger partial charge on any atom is -0.384 e. The predicted molar refractivity (Wildman–Crippen MR) is 129 cm³/mol. The number of carbonyl (C=O) groups excluding carboxylic acids is 3. The van der Waals surface area contributed by atoms with Crippen molar-refractivity contribution in [3.8, 4) is 0 Å². The van der Waals surface area contributed by atoms with E-state index in [0.717, 1.165) is 5.56 Å². The molecule has 1 unspecified atom stereocenters. The number of rotatable bonds is 5. The van der Waals surface area contributed by atoms with Crippen LogP contribution in [-0.4, -0.2) is 53.4 Å². The molecule has 2 heterocycles. The van der Waals surface area contributed by atoms with Crippen LogP contribution in [0.15, 0.2) is 36.4 Å². The maximum absolute atomic E-state index is 13.4. The smallest absolute Gasteiger partial charge is 0.245 e. The number of aliphatic hydroxyl groups is 1. The molecule has 1 aromatic carbocycles. The van der Waals surface area contributed by atoms with E-state index in [1.54, 1.807) is 23.1 Å². The first-order valence-electron chi connectivity index (χ1n) is 11.0. The van der Waals surface area contributed by atoms with Crippen molar-refractivity contribution in [1.82, 2.24) is 15.5 Å². The third kappa shape index (κ3) is 5.58. The molecule has 0 aliphatic carbocycles. The molecule has 0 radical (unpaired) electrons. The first-order chi connectivity index (χ1) is 14.9. The van der Waals surface area contributed by atoms with Crippen LogP contribution in [0.4, 0.5) is 0 Å². The second kappa shape index (κ2) is 10.3. The van der Waals surface area contributed by atoms with Gasteiger partial charge < -0.3 is 20.6 Å². The molecule has 1 aromatic rings. The molecular weight excluding hydrogens is 442 g/mol. The van der Waals surface area contributed by atoms with E-state index in [0.29, 0.717) is 24.5 Å². The summed E-state index contributed by atoms with van der Waals surface area (Å²) < 4.78 is 0. The number of likely N-dealkylation sites (tertiary alicyclic amines) is 1. The van der Waals surface area contributed by atoms with Gasteiger partial charge in [0.05, 0.1) is 11.5 Å². The fourth-order valence-electron chi connectivity index (χ4n) is 4.46. The lowest BCUT2D eigenvalue weighted by molar-refractivity contribution is -0.157. The highest BCUT2D eigenvalue weighted by atomic mass is 35.5. The van der Waals surface area contributed by atoms with Crippen molar-refractivity contribution < 1.29 is 19.5 Å². The largest absolute Gasteiger partial charge is 0.384 e. The van der Waals surface area contributed by atoms with Gasteiger partial charge in [-0.1, -0.05) is 64.9 Å². The molecule has 0 saturated carbocycles. The second-order valence-corrected chi connectivity index (χ2v) is 10.1. The summed E-state index contributed by atoms with van der Waals surface area (Å²) in [5, 5.41) is 17.7. The van der Waals surface area contributed by atoms with Crippen molar-refractivity contribution in [3.05, 3.63) is 47.0 Å². The first kappa shape index (κ1) is 26.9. The summed E-state index contributed by atoms with van der Waals surface area (Å²) >= 11 is 6.01. The first-order valence-corrected chi connectivity index (χ1v) is 11.4. The predicted octanol–water partition coefficient (Wildman–Crippen LogP) is 2.87. The minimum absolute atomic E-state index is 0. The van der Waals surface area contributed by atoms with Gasteiger partial charge in [0, 0.05) is 30.1 Å². The fraction of sp³-hybridized carbons (Fsp3) is 0.560. The summed E-state index contributed by atoms with van der Waals surface area (Å²) in [6.45, 7) is 8.61. The molecule has 182 valence electrons. The number of amides is 3. The fourth-order valence-corrected chi connectivity index (χ4v) is 4.59. The van der Waals surface area contributed by atoms with E-state index in [1.807, 2.05) is 39.8 Å². The molecule has 0 spiro atoms. The van der Waals surface area contributed by atoms with Gasteiger partial charge in [0.15, 0.2) is 0 Å². The normalized spacial score (nSPS) is 25.1. The summed E-state index contributed by atoms with van der Waals surface area (Å²) in [6, 6.07) is 6.49. The molecule has 7 nitrogen and oxygen atoms in total. The van der Waals surface area contributed by atoms with Gasteiger partial charge in [-0.25, -0.2) is 0 Å². The van der Waals surface area contributed by atoms with Crippen LogP contribution in [0.5, 0.6) is 0 Å². The standard InChI is InChI=1S/C24H32ClN3O4.CH4/c1-15(2)20(27-21(30)16-5-10-19(29)26-13-16)22(31)28-12-11-24(32,23(3,4)14-28)17-6-8-18(25)9-7-17;/h5-10,15-16,20,32H,11-14H2,1-4H3,(H,26,29)(H,27,30);1H4/t16?,20-,24+;/m1./s1. The molecule has 1 fully saturated rings. The van der Waals surface area contributed by atoms with Crippen molar-refractivity contribution in [2.24, 2.45) is 17.3 Å². The Balaban J connectivity index is 0.00000385.